The topological polar surface area (TPSA) is 191 Å². The van der Waals surface area contributed by atoms with Crippen LogP contribution in [0.2, 0.25) is 0 Å². The van der Waals surface area contributed by atoms with Gasteiger partial charge in [0.2, 0.25) is 11.8 Å². The van der Waals surface area contributed by atoms with E-state index in [4.69, 9.17) is 5.73 Å². The highest BCUT2D eigenvalue weighted by molar-refractivity contribution is 6.32. The van der Waals surface area contributed by atoms with Crippen LogP contribution in [0.1, 0.15) is 35.2 Å². The Balaban J connectivity index is 1.36. The number of nitrogens with one attached hydrogen (secondary N) is 1. The van der Waals surface area contributed by atoms with Crippen LogP contribution in [0.5, 0.6) is 5.75 Å². The van der Waals surface area contributed by atoms with E-state index in [-0.39, 0.29) is 36.5 Å². The number of aliphatic hydroxyl groups is 1. The van der Waals surface area contributed by atoms with E-state index in [1.807, 2.05) is 0 Å². The number of ketones is 4. The lowest BCUT2D eigenvalue weighted by atomic mass is 9.52. The minimum atomic E-state index is -2.79. The van der Waals surface area contributed by atoms with Crippen molar-refractivity contribution in [3.05, 3.63) is 17.2 Å². The van der Waals surface area contributed by atoms with Crippen LogP contribution in [-0.2, 0) is 30.4 Å². The highest BCUT2D eigenvalue weighted by Crippen LogP contribution is 2.52. The molecule has 3 saturated carbocycles. The zero-order valence-corrected chi connectivity index (χ0v) is 25.3. The molecule has 236 valence electrons. The van der Waals surface area contributed by atoms with Crippen molar-refractivity contribution >= 4 is 46.3 Å². The van der Waals surface area contributed by atoms with Crippen molar-refractivity contribution in [1.82, 2.24) is 9.80 Å². The number of hydrogen-bond donors (Lipinski definition) is 4. The summed E-state index contributed by atoms with van der Waals surface area (Å²) >= 11 is 0. The molecule has 2 heterocycles. The predicted octanol–water partition coefficient (Wildman–Crippen LogP) is -0.787. The van der Waals surface area contributed by atoms with Crippen LogP contribution in [0.4, 0.5) is 11.4 Å². The molecular formula is C31H39N5O8. The summed E-state index contributed by atoms with van der Waals surface area (Å²) in [4.78, 5) is 85.5. The highest BCUT2D eigenvalue weighted by atomic mass is 16.3. The highest BCUT2D eigenvalue weighted by Gasteiger charge is 2.69. The van der Waals surface area contributed by atoms with Gasteiger partial charge in [-0.1, -0.05) is 0 Å². The first-order valence-electron chi connectivity index (χ1n) is 15.1. The zero-order chi connectivity index (χ0) is 32.0. The lowest BCUT2D eigenvalue weighted by Gasteiger charge is -2.52. The Bertz CT molecular complexity index is 1490. The Morgan fingerprint density at radius 2 is 1.68 bits per heavy atom. The number of phenolic OH excluding ortho intramolecular Hbond substituents is 1. The SMILES string of the molecule is CN(C)c1cc(NC(=O)CN2CC3CC(C3)C2)c(O)c2c1C[C@H]1C[C@H]3[C@H](N(C)C)C(=O)C(C(N)=O)C(=O)[C@@]3(O)C(=O)C1C2=O. The van der Waals surface area contributed by atoms with Crippen LogP contribution in [0, 0.1) is 35.5 Å². The quantitative estimate of drug-likeness (QED) is 0.234. The van der Waals surface area contributed by atoms with E-state index in [1.165, 1.54) is 17.7 Å². The van der Waals surface area contributed by atoms with Crippen molar-refractivity contribution in [2.45, 2.75) is 37.3 Å². The molecular weight excluding hydrogens is 570 g/mol. The second-order valence-corrected chi connectivity index (χ2v) is 13.8. The Morgan fingerprint density at radius 1 is 1.05 bits per heavy atom. The van der Waals surface area contributed by atoms with Crippen molar-refractivity contribution in [2.24, 2.45) is 41.2 Å². The van der Waals surface area contributed by atoms with E-state index in [2.05, 4.69) is 10.2 Å². The molecule has 2 aliphatic heterocycles. The lowest BCUT2D eigenvalue weighted by molar-refractivity contribution is -0.181. The van der Waals surface area contributed by atoms with Crippen molar-refractivity contribution < 1.29 is 39.0 Å². The molecule has 5 N–H and O–H groups in total. The third-order valence-electron chi connectivity index (χ3n) is 10.5. The van der Waals surface area contributed by atoms with E-state index in [1.54, 1.807) is 39.2 Å². The number of likely N-dealkylation sites (N-methyl/N-ethyl adjacent to an activating group) is 1. The van der Waals surface area contributed by atoms with Crippen LogP contribution < -0.4 is 16.0 Å². The van der Waals surface area contributed by atoms with Gasteiger partial charge in [-0.3, -0.25) is 38.6 Å². The maximum atomic E-state index is 14.2. The molecule has 13 nitrogen and oxygen atoms in total. The number of rotatable bonds is 6. The number of fused-ring (bicyclic) bond motifs is 5. The molecule has 2 amide bonds. The number of primary amides is 1. The van der Waals surface area contributed by atoms with Gasteiger partial charge in [0.25, 0.3) is 0 Å². The van der Waals surface area contributed by atoms with Crippen molar-refractivity contribution in [3.8, 4) is 5.75 Å². The summed E-state index contributed by atoms with van der Waals surface area (Å²) in [7, 11) is 6.59. The molecule has 4 aliphatic carbocycles. The molecule has 0 radical (unpaired) electrons. The molecule has 1 aromatic carbocycles. The number of phenols is 1. The number of carbonyl (C=O) groups excluding carboxylic acids is 6. The smallest absolute Gasteiger partial charge is 0.238 e. The summed E-state index contributed by atoms with van der Waals surface area (Å²) in [5, 5.41) is 25.9. The van der Waals surface area contributed by atoms with Gasteiger partial charge in [0.1, 0.15) is 5.75 Å². The van der Waals surface area contributed by atoms with Crippen molar-refractivity contribution in [1.29, 1.82) is 0 Å². The Morgan fingerprint density at radius 3 is 2.25 bits per heavy atom. The molecule has 44 heavy (non-hydrogen) atoms. The van der Waals surface area contributed by atoms with Gasteiger partial charge in [0.05, 0.1) is 29.8 Å². The number of nitrogens with zero attached hydrogens (tertiary/aromatic N) is 3. The van der Waals surface area contributed by atoms with Crippen LogP contribution in [0.15, 0.2) is 6.07 Å². The van der Waals surface area contributed by atoms with Gasteiger partial charge in [-0.2, -0.15) is 0 Å². The van der Waals surface area contributed by atoms with Gasteiger partial charge in [-0.05, 0) is 69.2 Å². The summed E-state index contributed by atoms with van der Waals surface area (Å²) in [5.41, 5.74) is 3.48. The number of anilines is 2. The van der Waals surface area contributed by atoms with Crippen LogP contribution in [-0.4, -0.2) is 114 Å². The molecule has 2 bridgehead atoms. The van der Waals surface area contributed by atoms with Crippen molar-refractivity contribution in [2.75, 3.05) is 58.0 Å². The molecule has 0 spiro atoms. The maximum absolute atomic E-state index is 14.2. The summed E-state index contributed by atoms with van der Waals surface area (Å²) in [5.74, 6) is -10.3. The largest absolute Gasteiger partial charge is 0.505 e. The van der Waals surface area contributed by atoms with E-state index < -0.39 is 70.1 Å². The molecule has 7 rings (SSSR count). The second kappa shape index (κ2) is 10.5. The van der Waals surface area contributed by atoms with E-state index in [9.17, 15) is 39.0 Å². The number of hydrogen-bond acceptors (Lipinski definition) is 11. The number of piperidine rings is 2. The van der Waals surface area contributed by atoms with Crippen LogP contribution in [0.3, 0.4) is 0 Å². The van der Waals surface area contributed by atoms with Crippen molar-refractivity contribution in [3.63, 3.8) is 0 Å². The average molecular weight is 610 g/mol. The fraction of sp³-hybridized carbons (Fsp3) is 0.613. The Hall–Kier alpha value is -3.68. The Kier molecular flexibility index (Phi) is 7.21. The fourth-order valence-electron chi connectivity index (χ4n) is 8.65. The molecule has 1 aromatic rings. The first-order chi connectivity index (χ1) is 20.6. The molecule has 2 saturated heterocycles. The lowest BCUT2D eigenvalue weighted by Crippen LogP contribution is -2.74. The molecule has 6 aliphatic rings. The number of amides is 2. The fourth-order valence-corrected chi connectivity index (χ4v) is 8.65. The van der Waals surface area contributed by atoms with E-state index in [0.717, 1.165) is 13.1 Å². The summed E-state index contributed by atoms with van der Waals surface area (Å²) < 4.78 is 0. The monoisotopic (exact) mass is 609 g/mol. The summed E-state index contributed by atoms with van der Waals surface area (Å²) in [6, 6.07) is 0.434. The van der Waals surface area contributed by atoms with E-state index in [0.29, 0.717) is 23.1 Å². The second-order valence-electron chi connectivity index (χ2n) is 13.8. The molecule has 5 fully saturated rings. The van der Waals surface area contributed by atoms with Gasteiger partial charge >= 0.3 is 0 Å². The molecule has 0 aromatic heterocycles. The predicted molar refractivity (Wildman–Crippen MR) is 157 cm³/mol. The third-order valence-corrected chi connectivity index (χ3v) is 10.5. The average Bonchev–Trinajstić information content (AvgIpc) is 2.91. The number of benzene rings is 1. The summed E-state index contributed by atoms with van der Waals surface area (Å²) in [6.07, 6.45) is 2.48. The summed E-state index contributed by atoms with van der Waals surface area (Å²) in [6.45, 7) is 1.82. The van der Waals surface area contributed by atoms with E-state index >= 15 is 0 Å². The van der Waals surface area contributed by atoms with Gasteiger partial charge in [0, 0.05) is 38.8 Å². The first-order valence-corrected chi connectivity index (χ1v) is 15.1. The van der Waals surface area contributed by atoms with Crippen LogP contribution in [0.25, 0.3) is 0 Å². The maximum Gasteiger partial charge on any atom is 0.238 e. The molecule has 6 atom stereocenters. The number of Topliss-reactive ketones (excluding diaryl/α,β-unsaturated/α-hetero) is 4. The third kappa shape index (κ3) is 4.39. The van der Waals surface area contributed by atoms with Crippen LogP contribution >= 0.6 is 0 Å². The Labute approximate surface area is 254 Å². The number of nitrogens with two attached hydrogens (primary N) is 1. The number of aromatic hydroxyl groups is 1. The molecule has 2 unspecified atom stereocenters. The number of carbonyl (C=O) groups is 6. The first kappa shape index (κ1) is 30.4. The standard InChI is InChI=1S/C31H39N5O8/c1-34(2)19-9-18(33-20(37)12-36-10-13-5-14(6-13)11-36)25(38)22-16(19)7-15-8-17-24(35(3)4)27(40)23(30(32)43)29(42)31(17,44)28(41)21(15)26(22)39/h9,13-15,17,21,23-24,38,44H,5-8,10-12H2,1-4H3,(H2,32,43)(H,33,37)/t13?,14?,15-,17-,21?,23?,24-,31-/m0/s1. The van der Waals surface area contributed by atoms with Gasteiger partial charge in [-0.25, -0.2) is 0 Å². The van der Waals surface area contributed by atoms with Gasteiger partial charge < -0.3 is 26.2 Å². The molecule has 13 heteroatoms. The van der Waals surface area contributed by atoms with Gasteiger partial charge in [0.15, 0.2) is 34.7 Å². The zero-order valence-electron chi connectivity index (χ0n) is 25.3. The van der Waals surface area contributed by atoms with Gasteiger partial charge in [-0.15, -0.1) is 0 Å². The normalized spacial score (nSPS) is 34.5. The minimum absolute atomic E-state index is 0.0204. The minimum Gasteiger partial charge on any atom is -0.505 e.